The van der Waals surface area contributed by atoms with Crippen LogP contribution in [0.5, 0.6) is 0 Å². The number of carbonyl (C=O) groups excluding carboxylic acids is 1. The van der Waals surface area contributed by atoms with Crippen molar-refractivity contribution in [2.75, 3.05) is 0 Å². The molecule has 0 spiro atoms. The molecule has 1 saturated carbocycles. The van der Waals surface area contributed by atoms with Crippen molar-refractivity contribution in [3.8, 4) is 0 Å². The van der Waals surface area contributed by atoms with Crippen molar-refractivity contribution in [1.29, 1.82) is 0 Å². The Hall–Kier alpha value is -2.47. The van der Waals surface area contributed by atoms with Crippen molar-refractivity contribution >= 4 is 32.7 Å². The summed E-state index contributed by atoms with van der Waals surface area (Å²) >= 11 is 3.51. The van der Waals surface area contributed by atoms with Gasteiger partial charge in [-0.2, -0.15) is 5.10 Å². The molecule has 1 amide bonds. The molecule has 0 saturated heterocycles. The Kier molecular flexibility index (Phi) is 4.83. The van der Waals surface area contributed by atoms with Gasteiger partial charge in [-0.3, -0.25) is 14.3 Å². The lowest BCUT2D eigenvalue weighted by Crippen LogP contribution is -2.51. The average molecular weight is 426 g/mol. The summed E-state index contributed by atoms with van der Waals surface area (Å²) in [5.41, 5.74) is 1.53. The highest BCUT2D eigenvalue weighted by atomic mass is 79.9. The summed E-state index contributed by atoms with van der Waals surface area (Å²) in [6.45, 7) is 0.432. The van der Waals surface area contributed by atoms with E-state index in [1.165, 1.54) is 6.20 Å². The summed E-state index contributed by atoms with van der Waals surface area (Å²) in [5.74, 6) is -0.000688. The fraction of sp³-hybridized carbons (Fsp3) is 0.286. The third kappa shape index (κ3) is 3.54. The number of hydrogen-bond acceptors (Lipinski definition) is 3. The minimum atomic E-state index is -0.264. The van der Waals surface area contributed by atoms with Crippen LogP contribution in [0.1, 0.15) is 31.2 Å². The second-order valence-electron chi connectivity index (χ2n) is 6.99. The molecule has 5 nitrogen and oxygen atoms in total. The van der Waals surface area contributed by atoms with Gasteiger partial charge in [-0.15, -0.1) is 0 Å². The van der Waals surface area contributed by atoms with Crippen molar-refractivity contribution in [3.63, 3.8) is 0 Å². The topological polar surface area (TPSA) is 64.0 Å². The third-order valence-electron chi connectivity index (χ3n) is 5.28. The largest absolute Gasteiger partial charge is 0.347 e. The predicted molar refractivity (Wildman–Crippen MR) is 108 cm³/mol. The highest BCUT2D eigenvalue weighted by Gasteiger charge is 2.39. The van der Waals surface area contributed by atoms with Crippen molar-refractivity contribution in [2.24, 2.45) is 0 Å². The molecule has 0 unspecified atom stereocenters. The van der Waals surface area contributed by atoms with Crippen LogP contribution in [0.3, 0.4) is 0 Å². The lowest BCUT2D eigenvalue weighted by Gasteiger charge is -2.43. The van der Waals surface area contributed by atoms with E-state index in [4.69, 9.17) is 0 Å². The number of aryl methyl sites for hydroxylation is 1. The van der Waals surface area contributed by atoms with E-state index < -0.39 is 0 Å². The minimum absolute atomic E-state index is 0.000688. The third-order valence-corrected chi connectivity index (χ3v) is 5.77. The van der Waals surface area contributed by atoms with Crippen LogP contribution in [0, 0.1) is 0 Å². The van der Waals surface area contributed by atoms with Crippen LogP contribution >= 0.6 is 15.9 Å². The smallest absolute Gasteiger partial charge is 0.222 e. The Balaban J connectivity index is 1.49. The van der Waals surface area contributed by atoms with E-state index in [1.807, 2.05) is 30.3 Å². The van der Waals surface area contributed by atoms with Gasteiger partial charge in [0.25, 0.3) is 0 Å². The zero-order valence-corrected chi connectivity index (χ0v) is 16.4. The molecular formula is C21H20BrN3O2. The molecule has 6 heteroatoms. The Morgan fingerprint density at radius 2 is 2.00 bits per heavy atom. The molecule has 4 rings (SSSR count). The second-order valence-corrected chi connectivity index (χ2v) is 7.91. The fourth-order valence-corrected chi connectivity index (χ4v) is 4.08. The predicted octanol–water partition coefficient (Wildman–Crippen LogP) is 3.74. The molecule has 138 valence electrons. The molecule has 0 radical (unpaired) electrons. The quantitative estimate of drug-likeness (QED) is 0.676. The van der Waals surface area contributed by atoms with Gasteiger partial charge in [0.2, 0.25) is 11.3 Å². The highest BCUT2D eigenvalue weighted by Crippen LogP contribution is 2.42. The lowest BCUT2D eigenvalue weighted by molar-refractivity contribution is -0.124. The number of amides is 1. The Morgan fingerprint density at radius 1 is 1.19 bits per heavy atom. The van der Waals surface area contributed by atoms with E-state index in [9.17, 15) is 9.59 Å². The summed E-state index contributed by atoms with van der Waals surface area (Å²) in [6.07, 6.45) is 4.65. The number of fused-ring (bicyclic) bond motifs is 1. The number of carbonyl (C=O) groups is 1. The standard InChI is InChI=1S/C21H20BrN3O2/c22-16-6-3-5-15(13-16)21(10-4-11-21)24-20(27)9-12-25-18-8-2-1-7-17(18)19(26)14-23-25/h1-3,5-8,13-14H,4,9-12H2,(H,24,27). The van der Waals surface area contributed by atoms with Crippen LogP contribution in [0.25, 0.3) is 10.9 Å². The van der Waals surface area contributed by atoms with Gasteiger partial charge in [0.05, 0.1) is 23.8 Å². The van der Waals surface area contributed by atoms with E-state index in [0.717, 1.165) is 34.8 Å². The van der Waals surface area contributed by atoms with Gasteiger partial charge in [0.1, 0.15) is 0 Å². The number of halogens is 1. The summed E-state index contributed by atoms with van der Waals surface area (Å²) in [6, 6.07) is 15.5. The molecule has 0 aliphatic heterocycles. The first-order valence-corrected chi connectivity index (χ1v) is 9.89. The normalized spacial score (nSPS) is 15.3. The summed E-state index contributed by atoms with van der Waals surface area (Å²) in [4.78, 5) is 24.6. The summed E-state index contributed by atoms with van der Waals surface area (Å²) < 4.78 is 2.74. The maximum absolute atomic E-state index is 12.7. The summed E-state index contributed by atoms with van der Waals surface area (Å²) in [5, 5.41) is 8.06. The number of nitrogens with zero attached hydrogens (tertiary/aromatic N) is 2. The number of rotatable bonds is 5. The first-order chi connectivity index (χ1) is 13.1. The molecular weight excluding hydrogens is 406 g/mol. The SMILES string of the molecule is O=C(CCn1ncc(=O)c2ccccc21)NC1(c2cccc(Br)c2)CCC1. The van der Waals surface area contributed by atoms with Crippen LogP contribution in [-0.4, -0.2) is 15.7 Å². The summed E-state index contributed by atoms with van der Waals surface area (Å²) in [7, 11) is 0. The van der Waals surface area contributed by atoms with E-state index in [2.05, 4.69) is 38.5 Å². The molecule has 1 heterocycles. The number of nitrogens with one attached hydrogen (secondary N) is 1. The first kappa shape index (κ1) is 17.9. The Labute approximate surface area is 165 Å². The maximum atomic E-state index is 12.7. The van der Waals surface area contributed by atoms with Crippen molar-refractivity contribution in [3.05, 3.63) is 75.0 Å². The number of aromatic nitrogens is 2. The van der Waals surface area contributed by atoms with Gasteiger partial charge in [-0.1, -0.05) is 40.2 Å². The van der Waals surface area contributed by atoms with Crippen molar-refractivity contribution in [2.45, 2.75) is 37.8 Å². The van der Waals surface area contributed by atoms with Crippen LogP contribution in [0.15, 0.2) is 64.0 Å². The maximum Gasteiger partial charge on any atom is 0.222 e. The lowest BCUT2D eigenvalue weighted by atomic mass is 9.71. The molecule has 1 fully saturated rings. The second kappa shape index (κ2) is 7.27. The van der Waals surface area contributed by atoms with E-state index in [0.29, 0.717) is 18.4 Å². The van der Waals surface area contributed by atoms with Crippen molar-refractivity contribution in [1.82, 2.24) is 15.1 Å². The molecule has 1 N–H and O–H groups in total. The van der Waals surface area contributed by atoms with Crippen molar-refractivity contribution < 1.29 is 4.79 Å². The highest BCUT2D eigenvalue weighted by molar-refractivity contribution is 9.10. The van der Waals surface area contributed by atoms with Gasteiger partial charge in [0, 0.05) is 16.3 Å². The Bertz CT molecular complexity index is 1060. The van der Waals surface area contributed by atoms with E-state index in [1.54, 1.807) is 10.7 Å². The van der Waals surface area contributed by atoms with E-state index >= 15 is 0 Å². The van der Waals surface area contributed by atoms with Gasteiger partial charge in [-0.25, -0.2) is 0 Å². The number of hydrogen-bond donors (Lipinski definition) is 1. The number of para-hydroxylation sites is 1. The van der Waals surface area contributed by atoms with Gasteiger partial charge in [-0.05, 0) is 49.1 Å². The molecule has 3 aromatic rings. The minimum Gasteiger partial charge on any atom is -0.347 e. The molecule has 1 aliphatic rings. The van der Waals surface area contributed by atoms with Crippen LogP contribution in [0.2, 0.25) is 0 Å². The van der Waals surface area contributed by atoms with Crippen LogP contribution in [0.4, 0.5) is 0 Å². The fourth-order valence-electron chi connectivity index (χ4n) is 3.68. The van der Waals surface area contributed by atoms with Crippen LogP contribution < -0.4 is 10.7 Å². The zero-order chi connectivity index (χ0) is 18.9. The molecule has 1 aromatic heterocycles. The average Bonchev–Trinajstić information content (AvgIpc) is 2.64. The molecule has 2 aromatic carbocycles. The Morgan fingerprint density at radius 3 is 2.74 bits per heavy atom. The molecule has 1 aliphatic carbocycles. The zero-order valence-electron chi connectivity index (χ0n) is 14.8. The van der Waals surface area contributed by atoms with Gasteiger partial charge < -0.3 is 5.32 Å². The molecule has 0 bridgehead atoms. The van der Waals surface area contributed by atoms with Crippen LogP contribution in [-0.2, 0) is 16.9 Å². The number of benzene rings is 2. The molecule has 27 heavy (non-hydrogen) atoms. The van der Waals surface area contributed by atoms with E-state index in [-0.39, 0.29) is 16.9 Å². The van der Waals surface area contributed by atoms with Gasteiger partial charge >= 0.3 is 0 Å². The monoisotopic (exact) mass is 425 g/mol. The molecule has 0 atom stereocenters. The van der Waals surface area contributed by atoms with Gasteiger partial charge in [0.15, 0.2) is 0 Å². The first-order valence-electron chi connectivity index (χ1n) is 9.09.